The summed E-state index contributed by atoms with van der Waals surface area (Å²) in [5.41, 5.74) is -2.77. The monoisotopic (exact) mass is 838 g/mol. The van der Waals surface area contributed by atoms with Crippen molar-refractivity contribution in [2.24, 2.45) is 7.05 Å². The molecule has 6 rings (SSSR count). The van der Waals surface area contributed by atoms with E-state index in [1.807, 2.05) is 6.92 Å². The molecule has 298 valence electrons. The van der Waals surface area contributed by atoms with Gasteiger partial charge in [-0.05, 0) is 54.9 Å². The zero-order chi connectivity index (χ0) is 41.6. The van der Waals surface area contributed by atoms with Gasteiger partial charge in [-0.1, -0.05) is 49.7 Å². The molecule has 1 aliphatic rings. The van der Waals surface area contributed by atoms with Crippen molar-refractivity contribution in [3.05, 3.63) is 105 Å². The first-order chi connectivity index (χ1) is 26.7. The Morgan fingerprint density at radius 3 is 2.04 bits per heavy atom. The highest BCUT2D eigenvalue weighted by molar-refractivity contribution is 7.87. The molecule has 6 N–H and O–H groups in total. The maximum absolute atomic E-state index is 14.4. The molecule has 0 saturated heterocycles. The maximum atomic E-state index is 14.4. The maximum Gasteiger partial charge on any atom is 0.296 e. The second-order valence-corrected chi connectivity index (χ2v) is 17.2. The highest BCUT2D eigenvalue weighted by atomic mass is 32.2. The van der Waals surface area contributed by atoms with Gasteiger partial charge in [0.05, 0.1) is 38.6 Å². The quantitative estimate of drug-likeness (QED) is 0.0510. The molecule has 0 unspecified atom stereocenters. The van der Waals surface area contributed by atoms with Crippen LogP contribution in [0.1, 0.15) is 58.0 Å². The van der Waals surface area contributed by atoms with Gasteiger partial charge < -0.3 is 20.5 Å². The third-order valence-electron chi connectivity index (χ3n) is 9.27. The van der Waals surface area contributed by atoms with E-state index < -0.39 is 85.0 Å². The predicted molar refractivity (Wildman–Crippen MR) is 208 cm³/mol. The fourth-order valence-corrected chi connectivity index (χ4v) is 8.51. The van der Waals surface area contributed by atoms with Gasteiger partial charge >= 0.3 is 0 Å². The van der Waals surface area contributed by atoms with Crippen LogP contribution in [0.2, 0.25) is 0 Å². The number of carbonyl (C=O) groups excluding carboxylic acids is 3. The highest BCUT2D eigenvalue weighted by Crippen LogP contribution is 2.45. The molecule has 0 radical (unpaired) electrons. The minimum absolute atomic E-state index is 0.00626. The Bertz CT molecular complexity index is 2940. The van der Waals surface area contributed by atoms with Crippen LogP contribution in [0.3, 0.4) is 0 Å². The number of pyridine rings is 1. The highest BCUT2D eigenvalue weighted by Gasteiger charge is 2.35. The lowest BCUT2D eigenvalue weighted by molar-refractivity contribution is -0.116. The Balaban J connectivity index is 1.59. The van der Waals surface area contributed by atoms with Gasteiger partial charge in [-0.2, -0.15) is 25.3 Å². The molecule has 0 saturated carbocycles. The lowest BCUT2D eigenvalue weighted by Gasteiger charge is -2.26. The lowest BCUT2D eigenvalue weighted by atomic mass is 9.80. The van der Waals surface area contributed by atoms with Crippen molar-refractivity contribution >= 4 is 75.8 Å². The molecule has 0 bridgehead atoms. The van der Waals surface area contributed by atoms with Gasteiger partial charge in [0, 0.05) is 42.1 Å². The standard InChI is InChI=1S/C37H34N4O13S3/c1-3-4-15-38-16-14-30(42)40-26-18-25(28(56(49,50)51)19-29(26)57(52,53)54)39-24-12-13-27-33-31(22-10-5-6-11-23(22)36(44)32(24)33)34(37(45)41(27)2)35(43)20-8-7-9-21(17-20)55(46,47)48/h5-13,17-19,38-39H,3-4,14-16H2,1-2H3,(H,40,42)(H,46,47,48)(H,49,50,51)(H,52,53,54). The number of rotatable bonds is 14. The molecule has 0 fully saturated rings. The molecule has 1 aromatic heterocycles. The number of hydrogen-bond donors (Lipinski definition) is 6. The Morgan fingerprint density at radius 1 is 0.719 bits per heavy atom. The summed E-state index contributed by atoms with van der Waals surface area (Å²) in [6.07, 6.45) is 1.59. The van der Waals surface area contributed by atoms with E-state index in [1.54, 1.807) is 6.07 Å². The summed E-state index contributed by atoms with van der Waals surface area (Å²) < 4.78 is 105. The first kappa shape index (κ1) is 41.0. The second kappa shape index (κ2) is 15.4. The van der Waals surface area contributed by atoms with E-state index >= 15 is 0 Å². The zero-order valence-electron chi connectivity index (χ0n) is 30.1. The number of nitrogens with one attached hydrogen (secondary N) is 3. The van der Waals surface area contributed by atoms with E-state index in [2.05, 4.69) is 16.0 Å². The third kappa shape index (κ3) is 8.01. The van der Waals surface area contributed by atoms with Crippen molar-refractivity contribution < 1.29 is 53.3 Å². The average molecular weight is 839 g/mol. The van der Waals surface area contributed by atoms with Crippen molar-refractivity contribution in [1.82, 2.24) is 9.88 Å². The van der Waals surface area contributed by atoms with Crippen molar-refractivity contribution in [2.75, 3.05) is 23.7 Å². The Kier molecular flexibility index (Phi) is 11.1. The van der Waals surface area contributed by atoms with Crippen LogP contribution in [-0.4, -0.2) is 74.0 Å². The molecule has 1 aliphatic carbocycles. The van der Waals surface area contributed by atoms with Crippen molar-refractivity contribution in [1.29, 1.82) is 0 Å². The minimum Gasteiger partial charge on any atom is -0.354 e. The molecular weight excluding hydrogens is 805 g/mol. The number of nitrogens with zero attached hydrogens (tertiary/aromatic N) is 1. The van der Waals surface area contributed by atoms with E-state index in [0.717, 1.165) is 35.6 Å². The molecule has 0 aliphatic heterocycles. The summed E-state index contributed by atoms with van der Waals surface area (Å²) in [4.78, 5) is 52.8. The smallest absolute Gasteiger partial charge is 0.296 e. The first-order valence-electron chi connectivity index (χ1n) is 17.1. The summed E-state index contributed by atoms with van der Waals surface area (Å²) in [7, 11) is -13.9. The Morgan fingerprint density at radius 2 is 1.39 bits per heavy atom. The number of fused-ring (bicyclic) bond motifs is 2. The molecule has 20 heteroatoms. The van der Waals surface area contributed by atoms with Crippen LogP contribution in [0.5, 0.6) is 0 Å². The zero-order valence-corrected chi connectivity index (χ0v) is 32.5. The van der Waals surface area contributed by atoms with Crippen molar-refractivity contribution in [3.63, 3.8) is 0 Å². The van der Waals surface area contributed by atoms with Crippen molar-refractivity contribution in [3.8, 4) is 11.1 Å². The number of carbonyl (C=O) groups is 3. The van der Waals surface area contributed by atoms with Crippen LogP contribution in [-0.2, 0) is 42.2 Å². The number of anilines is 3. The van der Waals surface area contributed by atoms with Crippen LogP contribution in [0, 0.1) is 0 Å². The first-order valence-corrected chi connectivity index (χ1v) is 21.4. The fourth-order valence-electron chi connectivity index (χ4n) is 6.60. The summed E-state index contributed by atoms with van der Waals surface area (Å²) in [6.45, 7) is 2.79. The van der Waals surface area contributed by atoms with Gasteiger partial charge in [0.1, 0.15) is 9.79 Å². The van der Waals surface area contributed by atoms with E-state index in [4.69, 9.17) is 0 Å². The summed E-state index contributed by atoms with van der Waals surface area (Å²) in [6, 6.07) is 14.3. The van der Waals surface area contributed by atoms with Gasteiger partial charge in [0.2, 0.25) is 5.91 Å². The SMILES string of the molecule is CCCCNCCC(=O)Nc1cc(Nc2ccc3c4c2C(=O)c2ccccc2-c4c(C(=O)c2cccc(S(=O)(=O)O)c2)c(=O)n3C)c(S(=O)(=O)O)cc1S(=O)(=O)O. The Labute approximate surface area is 326 Å². The van der Waals surface area contributed by atoms with E-state index in [1.165, 1.54) is 49.5 Å². The summed E-state index contributed by atoms with van der Waals surface area (Å²) in [5.74, 6) is -2.34. The topological polar surface area (TPSA) is 272 Å². The van der Waals surface area contributed by atoms with Gasteiger partial charge in [0.15, 0.2) is 11.6 Å². The molecular formula is C37H34N4O13S3. The van der Waals surface area contributed by atoms with Crippen LogP contribution in [0.15, 0.2) is 92.3 Å². The predicted octanol–water partition coefficient (Wildman–Crippen LogP) is 4.18. The number of benzene rings is 4. The fraction of sp³-hybridized carbons (Fsp3) is 0.189. The summed E-state index contributed by atoms with van der Waals surface area (Å²) >= 11 is 0. The van der Waals surface area contributed by atoms with Crippen LogP contribution in [0.4, 0.5) is 17.1 Å². The molecule has 5 aromatic rings. The average Bonchev–Trinajstić information content (AvgIpc) is 3.14. The number of aromatic nitrogens is 1. The lowest BCUT2D eigenvalue weighted by Crippen LogP contribution is -2.29. The number of ketones is 2. The van der Waals surface area contributed by atoms with E-state index in [9.17, 15) is 58.1 Å². The molecule has 1 amide bonds. The minimum atomic E-state index is -5.29. The van der Waals surface area contributed by atoms with Gasteiger partial charge in [-0.25, -0.2) is 0 Å². The number of amides is 1. The third-order valence-corrected chi connectivity index (χ3v) is 11.9. The Hall–Kier alpha value is -5.61. The van der Waals surface area contributed by atoms with Gasteiger partial charge in [0.25, 0.3) is 35.9 Å². The van der Waals surface area contributed by atoms with Gasteiger partial charge in [-0.15, -0.1) is 0 Å². The second-order valence-electron chi connectivity index (χ2n) is 13.0. The van der Waals surface area contributed by atoms with Crippen molar-refractivity contribution in [2.45, 2.75) is 40.9 Å². The number of hydrogen-bond acceptors (Lipinski definition) is 12. The summed E-state index contributed by atoms with van der Waals surface area (Å²) in [5, 5.41) is 8.17. The van der Waals surface area contributed by atoms with E-state index in [-0.39, 0.29) is 57.4 Å². The number of aryl methyl sites for hydroxylation is 1. The molecule has 57 heavy (non-hydrogen) atoms. The molecule has 4 aromatic carbocycles. The normalized spacial score (nSPS) is 12.7. The van der Waals surface area contributed by atoms with Crippen LogP contribution in [0.25, 0.3) is 22.0 Å². The molecule has 1 heterocycles. The van der Waals surface area contributed by atoms with E-state index in [0.29, 0.717) is 12.6 Å². The molecule has 17 nitrogen and oxygen atoms in total. The van der Waals surface area contributed by atoms with Crippen LogP contribution >= 0.6 is 0 Å². The molecule has 0 atom stereocenters. The number of unbranched alkanes of at least 4 members (excludes halogenated alkanes) is 1. The molecule has 0 spiro atoms. The largest absolute Gasteiger partial charge is 0.354 e. The van der Waals surface area contributed by atoms with Crippen LogP contribution < -0.4 is 21.5 Å². The van der Waals surface area contributed by atoms with Gasteiger partial charge in [-0.3, -0.25) is 32.8 Å².